The van der Waals surface area contributed by atoms with Crippen molar-refractivity contribution in [1.82, 2.24) is 19.4 Å². The van der Waals surface area contributed by atoms with E-state index in [1.165, 1.54) is 19.2 Å². The monoisotopic (exact) mass is 448 g/mol. The van der Waals surface area contributed by atoms with Gasteiger partial charge in [-0.1, -0.05) is 5.16 Å². The summed E-state index contributed by atoms with van der Waals surface area (Å²) in [6.07, 6.45) is 2.69. The van der Waals surface area contributed by atoms with Crippen molar-refractivity contribution in [2.24, 2.45) is 0 Å². The van der Waals surface area contributed by atoms with Gasteiger partial charge in [0.15, 0.2) is 6.10 Å². The second-order valence-corrected chi connectivity index (χ2v) is 8.76. The Morgan fingerprint density at radius 3 is 2.68 bits per heavy atom. The Morgan fingerprint density at radius 2 is 2.00 bits per heavy atom. The summed E-state index contributed by atoms with van der Waals surface area (Å²) in [5, 5.41) is 3.85. The highest BCUT2D eigenvalue weighted by Crippen LogP contribution is 2.21. The molecular weight excluding hydrogens is 427 g/mol. The minimum atomic E-state index is -3.77. The third kappa shape index (κ3) is 5.70. The summed E-state index contributed by atoms with van der Waals surface area (Å²) >= 11 is 0. The Bertz CT molecular complexity index is 1120. The molecular formula is C20H21FN4O5S. The van der Waals surface area contributed by atoms with Gasteiger partial charge in [0, 0.05) is 38.0 Å². The lowest BCUT2D eigenvalue weighted by molar-refractivity contribution is -0.149. The fraction of sp³-hybridized carbons (Fsp3) is 0.300. The van der Waals surface area contributed by atoms with Crippen molar-refractivity contribution in [3.63, 3.8) is 0 Å². The first kappa shape index (κ1) is 22.5. The fourth-order valence-corrected chi connectivity index (χ4v) is 3.88. The van der Waals surface area contributed by atoms with Gasteiger partial charge in [0.25, 0.3) is 5.89 Å². The van der Waals surface area contributed by atoms with E-state index in [2.05, 4.69) is 15.1 Å². The van der Waals surface area contributed by atoms with Crippen molar-refractivity contribution in [1.29, 1.82) is 0 Å². The predicted molar refractivity (Wildman–Crippen MR) is 107 cm³/mol. The number of ether oxygens (including phenoxy) is 1. The maximum Gasteiger partial charge on any atom is 0.306 e. The Labute approximate surface area is 178 Å². The van der Waals surface area contributed by atoms with Gasteiger partial charge in [-0.2, -0.15) is 4.98 Å². The maximum absolute atomic E-state index is 13.0. The number of hydrogen-bond donors (Lipinski definition) is 0. The molecule has 3 rings (SSSR count). The molecule has 1 atom stereocenters. The molecule has 0 radical (unpaired) electrons. The molecule has 2 heterocycles. The fourth-order valence-electron chi connectivity index (χ4n) is 2.67. The second-order valence-electron chi connectivity index (χ2n) is 6.71. The average Bonchev–Trinajstić information content (AvgIpc) is 3.25. The van der Waals surface area contributed by atoms with Crippen molar-refractivity contribution in [2.75, 3.05) is 13.6 Å². The van der Waals surface area contributed by atoms with Crippen LogP contribution in [0.5, 0.6) is 0 Å². The molecule has 0 amide bonds. The molecule has 164 valence electrons. The number of esters is 1. The molecule has 0 fully saturated rings. The minimum absolute atomic E-state index is 0.00276. The van der Waals surface area contributed by atoms with Crippen LogP contribution < -0.4 is 0 Å². The zero-order valence-corrected chi connectivity index (χ0v) is 17.8. The smallest absolute Gasteiger partial charge is 0.306 e. The molecule has 0 bridgehead atoms. The van der Waals surface area contributed by atoms with Crippen molar-refractivity contribution < 1.29 is 26.9 Å². The van der Waals surface area contributed by atoms with E-state index in [9.17, 15) is 17.6 Å². The van der Waals surface area contributed by atoms with Gasteiger partial charge in [-0.05, 0) is 49.7 Å². The highest BCUT2D eigenvalue weighted by Gasteiger charge is 2.22. The summed E-state index contributed by atoms with van der Waals surface area (Å²) < 4.78 is 49.5. The molecule has 0 N–H and O–H groups in total. The first-order valence-electron chi connectivity index (χ1n) is 9.43. The number of hydrogen-bond acceptors (Lipinski definition) is 8. The maximum atomic E-state index is 13.0. The molecule has 0 saturated carbocycles. The highest BCUT2D eigenvalue weighted by molar-refractivity contribution is 7.89. The van der Waals surface area contributed by atoms with Crippen LogP contribution in [0.1, 0.15) is 31.8 Å². The van der Waals surface area contributed by atoms with E-state index in [1.54, 1.807) is 31.5 Å². The van der Waals surface area contributed by atoms with Crippen LogP contribution in [0.3, 0.4) is 0 Å². The number of halogens is 1. The number of carbonyl (C=O) groups excluding carboxylic acids is 1. The molecule has 0 aliphatic heterocycles. The van der Waals surface area contributed by atoms with Gasteiger partial charge in [-0.15, -0.1) is 0 Å². The summed E-state index contributed by atoms with van der Waals surface area (Å²) in [5.74, 6) is -0.574. The molecule has 2 aromatic heterocycles. The van der Waals surface area contributed by atoms with Crippen LogP contribution in [0.2, 0.25) is 0 Å². The molecule has 1 aromatic carbocycles. The van der Waals surface area contributed by atoms with Gasteiger partial charge in [0.05, 0.1) is 4.90 Å². The molecule has 0 saturated heterocycles. The van der Waals surface area contributed by atoms with E-state index in [0.717, 1.165) is 16.4 Å². The van der Waals surface area contributed by atoms with Crippen LogP contribution in [0.4, 0.5) is 4.39 Å². The number of sulfonamides is 1. The number of benzene rings is 1. The van der Waals surface area contributed by atoms with Crippen LogP contribution in [-0.4, -0.2) is 47.4 Å². The third-order valence-corrected chi connectivity index (χ3v) is 6.26. The van der Waals surface area contributed by atoms with Crippen molar-refractivity contribution in [3.05, 3.63) is 60.5 Å². The van der Waals surface area contributed by atoms with Gasteiger partial charge in [-0.3, -0.25) is 9.78 Å². The van der Waals surface area contributed by atoms with Crippen LogP contribution in [0.25, 0.3) is 11.4 Å². The minimum Gasteiger partial charge on any atom is -0.453 e. The second kappa shape index (κ2) is 9.75. The molecule has 0 aliphatic carbocycles. The molecule has 9 nitrogen and oxygen atoms in total. The number of pyridine rings is 1. The Kier molecular flexibility index (Phi) is 7.08. The van der Waals surface area contributed by atoms with E-state index < -0.39 is 27.9 Å². The zero-order valence-electron chi connectivity index (χ0n) is 16.9. The molecule has 3 aromatic rings. The van der Waals surface area contributed by atoms with Crippen molar-refractivity contribution >= 4 is 16.0 Å². The topological polar surface area (TPSA) is 115 Å². The quantitative estimate of drug-likeness (QED) is 0.459. The highest BCUT2D eigenvalue weighted by atomic mass is 32.2. The molecule has 0 spiro atoms. The molecule has 11 heteroatoms. The summed E-state index contributed by atoms with van der Waals surface area (Å²) in [5.41, 5.74) is 0.668. The van der Waals surface area contributed by atoms with Gasteiger partial charge in [0.2, 0.25) is 15.8 Å². The number of aromatic nitrogens is 3. The number of nitrogens with zero attached hydrogens (tertiary/aromatic N) is 4. The molecule has 31 heavy (non-hydrogen) atoms. The standard InChI is InChI=1S/C20H21FN4O5S/c1-14(20-23-19(24-30-20)15-5-3-11-22-13-15)29-18(26)6-4-12-25(2)31(27,28)17-9-7-16(21)8-10-17/h3,5,7-11,13-14H,4,6,12H2,1-2H3. The largest absolute Gasteiger partial charge is 0.453 e. The summed E-state index contributed by atoms with van der Waals surface area (Å²) in [6, 6.07) is 8.06. The first-order chi connectivity index (χ1) is 14.8. The lowest BCUT2D eigenvalue weighted by Crippen LogP contribution is -2.28. The van der Waals surface area contributed by atoms with E-state index in [0.29, 0.717) is 11.4 Å². The SMILES string of the molecule is CC(OC(=O)CCCN(C)S(=O)(=O)c1ccc(F)cc1)c1nc(-c2cccnc2)no1. The number of carbonyl (C=O) groups is 1. The zero-order chi connectivity index (χ0) is 22.4. The Hall–Kier alpha value is -3.18. The van der Waals surface area contributed by atoms with Gasteiger partial charge in [0.1, 0.15) is 5.82 Å². The summed E-state index contributed by atoms with van der Waals surface area (Å²) in [6.45, 7) is 1.69. The number of rotatable bonds is 9. The Balaban J connectivity index is 1.49. The van der Waals surface area contributed by atoms with Gasteiger partial charge >= 0.3 is 5.97 Å². The third-order valence-electron chi connectivity index (χ3n) is 4.39. The van der Waals surface area contributed by atoms with Gasteiger partial charge in [-0.25, -0.2) is 17.1 Å². The van der Waals surface area contributed by atoms with E-state index in [4.69, 9.17) is 9.26 Å². The van der Waals surface area contributed by atoms with E-state index in [-0.39, 0.29) is 30.2 Å². The van der Waals surface area contributed by atoms with E-state index >= 15 is 0 Å². The Morgan fingerprint density at radius 1 is 1.26 bits per heavy atom. The molecule has 1 unspecified atom stereocenters. The van der Waals surface area contributed by atoms with Crippen LogP contribution in [0.15, 0.2) is 58.2 Å². The first-order valence-corrected chi connectivity index (χ1v) is 10.9. The predicted octanol–water partition coefficient (Wildman–Crippen LogP) is 2.98. The van der Waals surface area contributed by atoms with Crippen LogP contribution >= 0.6 is 0 Å². The van der Waals surface area contributed by atoms with Crippen LogP contribution in [0, 0.1) is 5.82 Å². The normalized spacial score (nSPS) is 12.6. The lowest BCUT2D eigenvalue weighted by Gasteiger charge is -2.17. The summed E-state index contributed by atoms with van der Waals surface area (Å²) in [7, 11) is -2.37. The van der Waals surface area contributed by atoms with Crippen molar-refractivity contribution in [3.8, 4) is 11.4 Å². The summed E-state index contributed by atoms with van der Waals surface area (Å²) in [4.78, 5) is 20.3. The molecule has 0 aliphatic rings. The van der Waals surface area contributed by atoms with Gasteiger partial charge < -0.3 is 9.26 Å². The van der Waals surface area contributed by atoms with Crippen LogP contribution in [-0.2, 0) is 19.6 Å². The van der Waals surface area contributed by atoms with Crippen molar-refractivity contribution in [2.45, 2.75) is 30.8 Å². The average molecular weight is 448 g/mol. The lowest BCUT2D eigenvalue weighted by atomic mass is 10.3. The van der Waals surface area contributed by atoms with E-state index in [1.807, 2.05) is 0 Å².